The van der Waals surface area contributed by atoms with Gasteiger partial charge in [-0.3, -0.25) is 4.79 Å². The topological polar surface area (TPSA) is 117 Å². The standard InChI is InChI=1S/C20H30N4O5/c1-5-12-28-17-14-13-16(23-15(14)6-7-21-17)18(26)24(10-11-25)9-8-22-19(27)29-20(2,3)4/h6-7,13,23,25H,5,8-12H2,1-4H3,(H,22,27). The molecule has 2 aromatic heterocycles. The van der Waals surface area contributed by atoms with Gasteiger partial charge in [0.2, 0.25) is 5.88 Å². The lowest BCUT2D eigenvalue weighted by Crippen LogP contribution is -2.41. The van der Waals surface area contributed by atoms with E-state index in [-0.39, 0.29) is 32.1 Å². The van der Waals surface area contributed by atoms with Crippen LogP contribution >= 0.6 is 0 Å². The monoisotopic (exact) mass is 406 g/mol. The molecule has 0 aliphatic rings. The lowest BCUT2D eigenvalue weighted by Gasteiger charge is -2.23. The molecule has 0 bridgehead atoms. The second-order valence-corrected chi connectivity index (χ2v) is 7.55. The normalized spacial score (nSPS) is 11.3. The maximum Gasteiger partial charge on any atom is 0.407 e. The molecule has 3 N–H and O–H groups in total. The summed E-state index contributed by atoms with van der Waals surface area (Å²) in [5.74, 6) is 0.183. The van der Waals surface area contributed by atoms with Crippen molar-refractivity contribution < 1.29 is 24.2 Å². The summed E-state index contributed by atoms with van der Waals surface area (Å²) in [7, 11) is 0. The zero-order valence-electron chi connectivity index (χ0n) is 17.4. The van der Waals surface area contributed by atoms with Crippen LogP contribution in [0.25, 0.3) is 10.9 Å². The fraction of sp³-hybridized carbons (Fsp3) is 0.550. The van der Waals surface area contributed by atoms with E-state index < -0.39 is 11.7 Å². The van der Waals surface area contributed by atoms with Crippen LogP contribution < -0.4 is 10.1 Å². The molecule has 2 heterocycles. The van der Waals surface area contributed by atoms with E-state index in [0.717, 1.165) is 17.3 Å². The van der Waals surface area contributed by atoms with Crippen LogP contribution in [0.2, 0.25) is 0 Å². The fourth-order valence-corrected chi connectivity index (χ4v) is 2.67. The Morgan fingerprint density at radius 3 is 2.72 bits per heavy atom. The van der Waals surface area contributed by atoms with E-state index in [1.807, 2.05) is 6.92 Å². The van der Waals surface area contributed by atoms with Crippen molar-refractivity contribution >= 4 is 22.9 Å². The molecule has 0 saturated heterocycles. The first kappa shape index (κ1) is 22.5. The van der Waals surface area contributed by atoms with Gasteiger partial charge in [-0.25, -0.2) is 9.78 Å². The summed E-state index contributed by atoms with van der Waals surface area (Å²) in [5, 5.41) is 12.7. The van der Waals surface area contributed by atoms with Gasteiger partial charge in [0.15, 0.2) is 0 Å². The van der Waals surface area contributed by atoms with Crippen molar-refractivity contribution in [2.45, 2.75) is 39.7 Å². The van der Waals surface area contributed by atoms with E-state index in [2.05, 4.69) is 15.3 Å². The number of hydrogen-bond acceptors (Lipinski definition) is 6. The third-order valence-electron chi connectivity index (χ3n) is 3.89. The van der Waals surface area contributed by atoms with Gasteiger partial charge in [-0.1, -0.05) is 6.92 Å². The molecule has 0 saturated carbocycles. The minimum Gasteiger partial charge on any atom is -0.477 e. The van der Waals surface area contributed by atoms with Gasteiger partial charge < -0.3 is 29.8 Å². The third-order valence-corrected chi connectivity index (χ3v) is 3.89. The summed E-state index contributed by atoms with van der Waals surface area (Å²) in [6, 6.07) is 3.46. The van der Waals surface area contributed by atoms with E-state index in [1.165, 1.54) is 4.90 Å². The smallest absolute Gasteiger partial charge is 0.407 e. The molecule has 0 spiro atoms. The lowest BCUT2D eigenvalue weighted by molar-refractivity contribution is 0.0510. The van der Waals surface area contributed by atoms with Crippen LogP contribution in [0.5, 0.6) is 5.88 Å². The number of pyridine rings is 1. The van der Waals surface area contributed by atoms with E-state index in [0.29, 0.717) is 18.2 Å². The second kappa shape index (κ2) is 10.1. The van der Waals surface area contributed by atoms with Crippen molar-refractivity contribution in [1.82, 2.24) is 20.2 Å². The molecule has 0 fully saturated rings. The van der Waals surface area contributed by atoms with Crippen molar-refractivity contribution in [3.05, 3.63) is 24.0 Å². The van der Waals surface area contributed by atoms with Gasteiger partial charge in [0, 0.05) is 25.8 Å². The van der Waals surface area contributed by atoms with Crippen molar-refractivity contribution in [2.75, 3.05) is 32.8 Å². The van der Waals surface area contributed by atoms with Crippen LogP contribution in [0.4, 0.5) is 4.79 Å². The number of nitrogens with zero attached hydrogens (tertiary/aromatic N) is 2. The largest absolute Gasteiger partial charge is 0.477 e. The number of hydrogen-bond donors (Lipinski definition) is 3. The number of alkyl carbamates (subject to hydrolysis) is 1. The van der Waals surface area contributed by atoms with Gasteiger partial charge in [0.05, 0.1) is 24.1 Å². The number of fused-ring (bicyclic) bond motifs is 1. The number of amides is 2. The average Bonchev–Trinajstić information content (AvgIpc) is 3.08. The molecule has 9 heteroatoms. The SMILES string of the molecule is CCCOc1nccc2[nH]c(C(=O)N(CCO)CCNC(=O)OC(C)(C)C)cc12. The molecule has 160 valence electrons. The number of H-pyrrole nitrogens is 1. The Bertz CT molecular complexity index is 828. The Morgan fingerprint density at radius 1 is 1.31 bits per heavy atom. The molecule has 2 rings (SSSR count). The van der Waals surface area contributed by atoms with Crippen molar-refractivity contribution in [3.63, 3.8) is 0 Å². The molecular formula is C20H30N4O5. The summed E-state index contributed by atoms with van der Waals surface area (Å²) in [6.45, 7) is 8.25. The maximum atomic E-state index is 12.9. The zero-order chi connectivity index (χ0) is 21.4. The van der Waals surface area contributed by atoms with Gasteiger partial charge in [0.25, 0.3) is 5.91 Å². The molecule has 0 aromatic carbocycles. The van der Waals surface area contributed by atoms with E-state index >= 15 is 0 Å². The minimum atomic E-state index is -0.597. The number of aliphatic hydroxyl groups excluding tert-OH is 1. The molecule has 9 nitrogen and oxygen atoms in total. The quantitative estimate of drug-likeness (QED) is 0.588. The number of aromatic amines is 1. The summed E-state index contributed by atoms with van der Waals surface area (Å²) in [4.78, 5) is 33.4. The minimum absolute atomic E-state index is 0.141. The third kappa shape index (κ3) is 6.63. The van der Waals surface area contributed by atoms with Gasteiger partial charge >= 0.3 is 6.09 Å². The Labute approximate surface area is 170 Å². The van der Waals surface area contributed by atoms with Crippen molar-refractivity contribution in [2.24, 2.45) is 0 Å². The molecule has 29 heavy (non-hydrogen) atoms. The Balaban J connectivity index is 2.07. The molecule has 0 atom stereocenters. The van der Waals surface area contributed by atoms with Crippen LogP contribution in [-0.2, 0) is 4.74 Å². The number of rotatable bonds is 9. The first-order valence-electron chi connectivity index (χ1n) is 9.72. The number of nitrogens with one attached hydrogen (secondary N) is 2. The van der Waals surface area contributed by atoms with Gasteiger partial charge in [-0.15, -0.1) is 0 Å². The highest BCUT2D eigenvalue weighted by Crippen LogP contribution is 2.24. The van der Waals surface area contributed by atoms with Crippen LogP contribution in [0.15, 0.2) is 18.3 Å². The zero-order valence-corrected chi connectivity index (χ0v) is 17.4. The molecule has 0 aliphatic carbocycles. The number of carbonyl (C=O) groups excluding carboxylic acids is 2. The van der Waals surface area contributed by atoms with Gasteiger partial charge in [-0.2, -0.15) is 0 Å². The number of carbonyl (C=O) groups is 2. The maximum absolute atomic E-state index is 12.9. The van der Waals surface area contributed by atoms with E-state index in [1.54, 1.807) is 39.1 Å². The molecule has 0 unspecified atom stereocenters. The van der Waals surface area contributed by atoms with Crippen molar-refractivity contribution in [1.29, 1.82) is 0 Å². The highest BCUT2D eigenvalue weighted by atomic mass is 16.6. The second-order valence-electron chi connectivity index (χ2n) is 7.55. The Kier molecular flexibility index (Phi) is 7.83. The Morgan fingerprint density at radius 2 is 2.07 bits per heavy atom. The highest BCUT2D eigenvalue weighted by molar-refractivity contribution is 5.99. The highest BCUT2D eigenvalue weighted by Gasteiger charge is 2.20. The Hall–Kier alpha value is -2.81. The van der Waals surface area contributed by atoms with Gasteiger partial charge in [0.1, 0.15) is 11.3 Å². The first-order chi connectivity index (χ1) is 13.7. The van der Waals surface area contributed by atoms with Crippen LogP contribution in [0.3, 0.4) is 0 Å². The van der Waals surface area contributed by atoms with Crippen LogP contribution in [-0.4, -0.2) is 70.4 Å². The predicted octanol–water partition coefficient (Wildman–Crippen LogP) is 2.31. The molecule has 2 aromatic rings. The number of aliphatic hydroxyl groups is 1. The molecule has 0 radical (unpaired) electrons. The molecule has 2 amide bonds. The summed E-state index contributed by atoms with van der Waals surface area (Å²) < 4.78 is 10.8. The molecule has 0 aliphatic heterocycles. The van der Waals surface area contributed by atoms with Crippen molar-refractivity contribution in [3.8, 4) is 5.88 Å². The summed E-state index contributed by atoms with van der Waals surface area (Å²) in [5.41, 5.74) is 0.506. The number of aromatic nitrogens is 2. The van der Waals surface area contributed by atoms with Crippen LogP contribution in [0.1, 0.15) is 44.6 Å². The number of ether oxygens (including phenoxy) is 2. The van der Waals surface area contributed by atoms with Crippen LogP contribution in [0, 0.1) is 0 Å². The molecular weight excluding hydrogens is 376 g/mol. The summed E-state index contributed by atoms with van der Waals surface area (Å²) in [6.07, 6.45) is 1.92. The predicted molar refractivity (Wildman–Crippen MR) is 109 cm³/mol. The summed E-state index contributed by atoms with van der Waals surface area (Å²) >= 11 is 0. The van der Waals surface area contributed by atoms with Gasteiger partial charge in [-0.05, 0) is 39.3 Å². The van der Waals surface area contributed by atoms with E-state index in [9.17, 15) is 14.7 Å². The fourth-order valence-electron chi connectivity index (χ4n) is 2.67. The first-order valence-corrected chi connectivity index (χ1v) is 9.72. The van der Waals surface area contributed by atoms with E-state index in [4.69, 9.17) is 9.47 Å². The average molecular weight is 406 g/mol. The lowest BCUT2D eigenvalue weighted by atomic mass is 10.2.